The van der Waals surface area contributed by atoms with Crippen LogP contribution < -0.4 is 4.65 Å². The van der Waals surface area contributed by atoms with E-state index in [-0.39, 0.29) is 18.9 Å². The van der Waals surface area contributed by atoms with E-state index in [4.69, 9.17) is 8.85 Å². The molecule has 69 valence electrons. The van der Waals surface area contributed by atoms with Gasteiger partial charge in [-0.2, -0.15) is 0 Å². The largest absolute Gasteiger partial charge is 0.407 e. The number of hydrogen-bond acceptors (Lipinski definition) is 3. The Morgan fingerprint density at radius 2 is 1.08 bits per heavy atom. The van der Waals surface area contributed by atoms with Crippen molar-refractivity contribution < 1.29 is 8.85 Å². The van der Waals surface area contributed by atoms with Crippen LogP contribution in [-0.2, 0) is 8.85 Å². The van der Waals surface area contributed by atoms with E-state index < -0.39 is 17.0 Å². The molecule has 12 heavy (non-hydrogen) atoms. The van der Waals surface area contributed by atoms with Gasteiger partial charge in [0, 0.05) is 33.1 Å². The van der Waals surface area contributed by atoms with Crippen molar-refractivity contribution in [2.24, 2.45) is 0 Å². The van der Waals surface area contributed by atoms with Gasteiger partial charge in [-0.3, -0.25) is 0 Å². The van der Waals surface area contributed by atoms with E-state index in [1.807, 2.05) is 0 Å². The number of nitrogens with one attached hydrogen (secondary N) is 1. The molecule has 0 spiro atoms. The third-order valence-electron chi connectivity index (χ3n) is 1.62. The summed E-state index contributed by atoms with van der Waals surface area (Å²) in [5, 5.41) is 0. The number of rotatable bonds is 4. The maximum absolute atomic E-state index is 5.36. The minimum Gasteiger partial charge on any atom is -0.407 e. The molecule has 0 saturated heterocycles. The molecular weight excluding hydrogens is 181 g/mol. The summed E-state index contributed by atoms with van der Waals surface area (Å²) in [6.07, 6.45) is 0. The molecule has 0 aliphatic carbocycles. The first-order chi connectivity index (χ1) is 4.83. The minimum absolute atomic E-state index is 0. The Morgan fingerprint density at radius 1 is 0.833 bits per heavy atom. The third-order valence-corrected chi connectivity index (χ3v) is 8.48. The first kappa shape index (κ1) is 15.4. The SMILES string of the molecule is CO[Si](C)(C)N[Si](C)(C)OC.[Li]. The van der Waals surface area contributed by atoms with Crippen LogP contribution in [0.25, 0.3) is 0 Å². The van der Waals surface area contributed by atoms with E-state index in [0.29, 0.717) is 0 Å². The molecule has 0 saturated carbocycles. The van der Waals surface area contributed by atoms with E-state index in [9.17, 15) is 0 Å². The fraction of sp³-hybridized carbons (Fsp3) is 1.00. The van der Waals surface area contributed by atoms with Crippen molar-refractivity contribution in [1.29, 1.82) is 0 Å². The van der Waals surface area contributed by atoms with Crippen molar-refractivity contribution >= 4 is 35.8 Å². The maximum atomic E-state index is 5.36. The van der Waals surface area contributed by atoms with E-state index >= 15 is 0 Å². The van der Waals surface area contributed by atoms with E-state index in [1.54, 1.807) is 14.2 Å². The first-order valence-corrected chi connectivity index (χ1v) is 9.54. The molecule has 0 amide bonds. The van der Waals surface area contributed by atoms with Crippen molar-refractivity contribution in [3.05, 3.63) is 0 Å². The molecule has 0 heterocycles. The van der Waals surface area contributed by atoms with Crippen LogP contribution in [0.15, 0.2) is 0 Å². The summed E-state index contributed by atoms with van der Waals surface area (Å²) in [5.41, 5.74) is 0. The zero-order chi connectivity index (χ0) is 9.12. The molecule has 0 unspecified atom stereocenters. The van der Waals surface area contributed by atoms with Gasteiger partial charge in [-0.15, -0.1) is 0 Å². The Hall–Kier alpha value is 0.911. The number of hydrogen-bond donors (Lipinski definition) is 1. The molecule has 1 radical (unpaired) electrons. The molecule has 0 aromatic carbocycles. The van der Waals surface area contributed by atoms with Crippen LogP contribution in [0, 0.1) is 0 Å². The summed E-state index contributed by atoms with van der Waals surface area (Å²) >= 11 is 0. The quantitative estimate of drug-likeness (QED) is 0.684. The van der Waals surface area contributed by atoms with E-state index in [1.165, 1.54) is 0 Å². The molecular formula is C6H19LiNO2Si2. The van der Waals surface area contributed by atoms with Gasteiger partial charge in [0.15, 0.2) is 0 Å². The molecule has 1 N–H and O–H groups in total. The Labute approximate surface area is 89.8 Å². The van der Waals surface area contributed by atoms with Crippen LogP contribution in [0.3, 0.4) is 0 Å². The molecule has 0 rings (SSSR count). The molecule has 0 aliphatic rings. The van der Waals surface area contributed by atoms with E-state index in [2.05, 4.69) is 30.8 Å². The van der Waals surface area contributed by atoms with Gasteiger partial charge in [-0.1, -0.05) is 0 Å². The molecule has 0 aromatic heterocycles. The summed E-state index contributed by atoms with van der Waals surface area (Å²) < 4.78 is 14.2. The molecule has 0 aliphatic heterocycles. The predicted molar refractivity (Wildman–Crippen MR) is 57.9 cm³/mol. The summed E-state index contributed by atoms with van der Waals surface area (Å²) in [7, 11) is 0.205. The van der Waals surface area contributed by atoms with Gasteiger partial charge < -0.3 is 13.5 Å². The maximum Gasteiger partial charge on any atom is 0.257 e. The summed E-state index contributed by atoms with van der Waals surface area (Å²) in [4.78, 5) is 0. The minimum atomic E-state index is -1.65. The molecule has 0 fully saturated rings. The van der Waals surface area contributed by atoms with Gasteiger partial charge in [0.1, 0.15) is 0 Å². The van der Waals surface area contributed by atoms with Crippen molar-refractivity contribution in [2.45, 2.75) is 26.2 Å². The summed E-state index contributed by atoms with van der Waals surface area (Å²) in [5.74, 6) is 0. The first-order valence-electron chi connectivity index (χ1n) is 3.72. The summed E-state index contributed by atoms with van der Waals surface area (Å²) in [6.45, 7) is 8.50. The van der Waals surface area contributed by atoms with Gasteiger partial charge in [0.25, 0.3) is 17.0 Å². The molecule has 0 bridgehead atoms. The average molecular weight is 200 g/mol. The molecule has 6 heteroatoms. The Balaban J connectivity index is 0. The van der Waals surface area contributed by atoms with Crippen LogP contribution in [-0.4, -0.2) is 50.0 Å². The van der Waals surface area contributed by atoms with E-state index in [0.717, 1.165) is 0 Å². The van der Waals surface area contributed by atoms with Crippen molar-refractivity contribution in [2.75, 3.05) is 14.2 Å². The van der Waals surface area contributed by atoms with Crippen LogP contribution in [0.5, 0.6) is 0 Å². The van der Waals surface area contributed by atoms with Gasteiger partial charge >= 0.3 is 0 Å². The van der Waals surface area contributed by atoms with Crippen LogP contribution in [0.4, 0.5) is 0 Å². The van der Waals surface area contributed by atoms with Crippen molar-refractivity contribution in [1.82, 2.24) is 4.65 Å². The topological polar surface area (TPSA) is 30.5 Å². The second-order valence-electron chi connectivity index (χ2n) is 3.55. The van der Waals surface area contributed by atoms with Gasteiger partial charge in [-0.05, 0) is 26.2 Å². The van der Waals surface area contributed by atoms with Crippen molar-refractivity contribution in [3.63, 3.8) is 0 Å². The Kier molecular flexibility index (Phi) is 7.18. The third kappa shape index (κ3) is 6.43. The van der Waals surface area contributed by atoms with Gasteiger partial charge in [-0.25, -0.2) is 0 Å². The molecule has 0 aromatic rings. The fourth-order valence-electron chi connectivity index (χ4n) is 0.827. The zero-order valence-electron chi connectivity index (χ0n) is 9.32. The summed E-state index contributed by atoms with van der Waals surface area (Å²) in [6, 6.07) is 0. The Morgan fingerprint density at radius 3 is 1.25 bits per heavy atom. The second-order valence-corrected chi connectivity index (χ2v) is 11.4. The van der Waals surface area contributed by atoms with Gasteiger partial charge in [0.05, 0.1) is 0 Å². The van der Waals surface area contributed by atoms with Crippen molar-refractivity contribution in [3.8, 4) is 0 Å². The monoisotopic (exact) mass is 200 g/mol. The Bertz CT molecular complexity index is 119. The van der Waals surface area contributed by atoms with Crippen LogP contribution >= 0.6 is 0 Å². The predicted octanol–water partition coefficient (Wildman–Crippen LogP) is 0.892. The standard InChI is InChI=1S/C6H19NO2Si2.Li/c1-8-10(3,4)7-11(5,6)9-2;/h7H,1-6H3;. The normalized spacial score (nSPS) is 12.5. The second kappa shape index (κ2) is 5.60. The van der Waals surface area contributed by atoms with Gasteiger partial charge in [0.2, 0.25) is 0 Å². The van der Waals surface area contributed by atoms with Crippen LogP contribution in [0.2, 0.25) is 26.2 Å². The molecule has 3 nitrogen and oxygen atoms in total. The average Bonchev–Trinajstić information content (AvgIpc) is 1.86. The molecule has 0 atom stereocenters. The van der Waals surface area contributed by atoms with Crippen LogP contribution in [0.1, 0.15) is 0 Å². The fourth-order valence-corrected chi connectivity index (χ4v) is 7.44. The zero-order valence-corrected chi connectivity index (χ0v) is 11.3. The smallest absolute Gasteiger partial charge is 0.257 e.